The second kappa shape index (κ2) is 46.7. The number of hydrogen-bond donors (Lipinski definition) is 22. The van der Waals surface area contributed by atoms with Gasteiger partial charge in [0, 0.05) is 104 Å². The summed E-state index contributed by atoms with van der Waals surface area (Å²) in [6.45, 7) is 0. The first kappa shape index (κ1) is 83.8. The average molecular weight is 1300 g/mol. The van der Waals surface area contributed by atoms with Gasteiger partial charge in [0.1, 0.15) is 30.2 Å². The molecule has 0 aromatic rings. The van der Waals surface area contributed by atoms with Gasteiger partial charge in [-0.3, -0.25) is 47.7 Å². The maximum Gasteiger partial charge on any atom is 0.326 e. The van der Waals surface area contributed by atoms with E-state index >= 15 is 0 Å². The number of amides is 8. The molecule has 0 radical (unpaired) electrons. The third-order valence-corrected chi connectivity index (χ3v) is 13.2. The molecule has 0 bridgehead atoms. The van der Waals surface area contributed by atoms with Crippen molar-refractivity contribution in [2.24, 2.45) is 5.92 Å². The molecule has 0 aliphatic heterocycles. The molecule has 0 aliphatic rings. The highest BCUT2D eigenvalue weighted by atomic mass is 32.1. The topological polar surface area (TPSA) is 633 Å². The lowest BCUT2D eigenvalue weighted by Gasteiger charge is -2.20. The predicted octanol–water partition coefficient (Wildman–Crippen LogP) is -3.67. The van der Waals surface area contributed by atoms with Crippen LogP contribution in [0.2, 0.25) is 0 Å². The number of nitrogens with one attached hydrogen (secondary N) is 10. The first-order valence-corrected chi connectivity index (χ1v) is 28.1. The minimum atomic E-state index is -3.76. The van der Waals surface area contributed by atoms with Crippen molar-refractivity contribution in [1.29, 1.82) is 0 Å². The first-order valence-electron chi connectivity index (χ1n) is 25.0. The zero-order chi connectivity index (χ0) is 67.4. The van der Waals surface area contributed by atoms with Crippen molar-refractivity contribution in [3.8, 4) is 0 Å². The molecule has 8 amide bonds. The molecule has 0 saturated carbocycles. The fraction of sp³-hybridized carbons (Fsp3) is 0.622. The molecule has 0 aromatic heterocycles. The molecule has 8 unspecified atom stereocenters. The van der Waals surface area contributed by atoms with Gasteiger partial charge in [-0.15, -0.1) is 0 Å². The lowest BCUT2D eigenvalue weighted by Crippen LogP contribution is -2.51. The summed E-state index contributed by atoms with van der Waals surface area (Å²) in [7, 11) is 1.86. The van der Waals surface area contributed by atoms with E-state index in [2.05, 4.69) is 55.2 Å². The normalized spacial score (nSPS) is 13.2. The molecule has 8 atom stereocenters. The minimum Gasteiger partial charge on any atom is -0.481 e. The maximum absolute atomic E-state index is 11.8. The predicted molar refractivity (Wildman–Crippen MR) is 299 cm³/mol. The van der Waals surface area contributed by atoms with Crippen LogP contribution in [0.15, 0.2) is 0 Å². The molecule has 0 heterocycles. The van der Waals surface area contributed by atoms with Crippen LogP contribution in [0.1, 0.15) is 89.9 Å². The third kappa shape index (κ3) is 46.8. The number of carbonyl (C=O) groups excluding carboxylic acids is 6. The second-order valence-electron chi connectivity index (χ2n) is 17.4. The number of aliphatic carboxylic acids is 10. The van der Waals surface area contributed by atoms with E-state index in [1.807, 2.05) is 10.6 Å². The van der Waals surface area contributed by atoms with Gasteiger partial charge in [0.15, 0.2) is 5.11 Å². The van der Waals surface area contributed by atoms with E-state index in [0.29, 0.717) is 0 Å². The average Bonchev–Trinajstić information content (AvgIpc) is 3.60. The highest BCUT2D eigenvalue weighted by molar-refractivity contribution is 7.80. The van der Waals surface area contributed by atoms with Crippen LogP contribution in [0.4, 0.5) is 9.59 Å². The Balaban J connectivity index is -0.000000523. The monoisotopic (exact) mass is 1300 g/mol. The summed E-state index contributed by atoms with van der Waals surface area (Å²) in [6, 6.07) is -9.06. The van der Waals surface area contributed by atoms with E-state index in [1.54, 1.807) is 0 Å². The lowest BCUT2D eigenvalue weighted by molar-refractivity contribution is -0.143. The Labute approximate surface area is 500 Å². The van der Waals surface area contributed by atoms with E-state index < -0.39 is 146 Å². The molecule has 86 heavy (non-hydrogen) atoms. The Bertz CT molecular complexity index is 2320. The molecule has 0 rings (SSSR count). The van der Waals surface area contributed by atoms with Crippen molar-refractivity contribution in [3.05, 3.63) is 0 Å². The van der Waals surface area contributed by atoms with Crippen molar-refractivity contribution >= 4 is 133 Å². The molecule has 490 valence electrons. The van der Waals surface area contributed by atoms with Crippen LogP contribution in [0.25, 0.3) is 0 Å². The summed E-state index contributed by atoms with van der Waals surface area (Å²) in [6.07, 6.45) is -4.09. The van der Waals surface area contributed by atoms with Crippen LogP contribution < -0.4 is 53.2 Å². The van der Waals surface area contributed by atoms with Gasteiger partial charge >= 0.3 is 71.8 Å². The summed E-state index contributed by atoms with van der Waals surface area (Å²) < 4.78 is 11.8. The SMILES string of the molecule is CNC(=O)CC(CS)NC(=O)NC(CCC(=O)O)C(=O)O.CNC(=O)CCC(NC(=O)NC(CCC(=O)O)C(=O)O)C(=O)O.CNC(=O)CCC(NC(=S)NC(CCC(=O)O)C(=O)O)C(=O)O.CNC(=O)CCP(=O)(O)CC(CCC(=O)O)C(=O)O. The molecule has 0 spiro atoms. The number of carboxylic acid groups (broad SMARTS) is 10. The van der Waals surface area contributed by atoms with Crippen molar-refractivity contribution in [2.75, 3.05) is 46.3 Å². The molecule has 38 nitrogen and oxygen atoms in total. The van der Waals surface area contributed by atoms with E-state index in [4.69, 9.17) is 63.3 Å². The number of carboxylic acids is 10. The van der Waals surface area contributed by atoms with Crippen molar-refractivity contribution < 1.29 is 137 Å². The zero-order valence-corrected chi connectivity index (χ0v) is 49.3. The van der Waals surface area contributed by atoms with E-state index in [0.717, 1.165) is 0 Å². The van der Waals surface area contributed by atoms with Gasteiger partial charge < -0.3 is 109 Å². The Morgan fingerprint density at radius 1 is 0.395 bits per heavy atom. The van der Waals surface area contributed by atoms with Crippen LogP contribution in [0.3, 0.4) is 0 Å². The largest absolute Gasteiger partial charge is 0.481 e. The quantitative estimate of drug-likeness (QED) is 0.0161. The Morgan fingerprint density at radius 2 is 0.674 bits per heavy atom. The number of thiol groups is 1. The summed E-state index contributed by atoms with van der Waals surface area (Å²) in [5.41, 5.74) is 0. The van der Waals surface area contributed by atoms with Gasteiger partial charge in [-0.25, -0.2) is 33.6 Å². The van der Waals surface area contributed by atoms with Crippen molar-refractivity contribution in [3.63, 3.8) is 0 Å². The Kier molecular flexibility index (Phi) is 45.5. The highest BCUT2D eigenvalue weighted by Crippen LogP contribution is 2.44. The number of urea groups is 2. The van der Waals surface area contributed by atoms with Crippen LogP contribution in [0, 0.1) is 5.92 Å². The zero-order valence-electron chi connectivity index (χ0n) is 46.7. The molecule has 0 fully saturated rings. The second-order valence-corrected chi connectivity index (χ2v) is 20.7. The van der Waals surface area contributed by atoms with E-state index in [-0.39, 0.29) is 112 Å². The van der Waals surface area contributed by atoms with Gasteiger partial charge in [0.25, 0.3) is 0 Å². The fourth-order valence-corrected chi connectivity index (χ4v) is 8.17. The molecular formula is C45H75N10O28PS2. The van der Waals surface area contributed by atoms with E-state index in [9.17, 15) is 86.2 Å². The Hall–Kier alpha value is -8.65. The van der Waals surface area contributed by atoms with Gasteiger partial charge in [-0.1, -0.05) is 0 Å². The highest BCUT2D eigenvalue weighted by Gasteiger charge is 2.31. The Morgan fingerprint density at radius 3 is 0.953 bits per heavy atom. The van der Waals surface area contributed by atoms with Crippen molar-refractivity contribution in [1.82, 2.24) is 53.2 Å². The maximum atomic E-state index is 11.8. The minimum absolute atomic E-state index is 0.000282. The molecule has 0 saturated heterocycles. The van der Waals surface area contributed by atoms with E-state index in [1.165, 1.54) is 28.2 Å². The lowest BCUT2D eigenvalue weighted by atomic mass is 10.1. The summed E-state index contributed by atoms with van der Waals surface area (Å²) in [5.74, 6) is -15.2. The van der Waals surface area contributed by atoms with Crippen LogP contribution >= 0.6 is 32.2 Å². The number of carbonyl (C=O) groups is 16. The van der Waals surface area contributed by atoms with Crippen LogP contribution in [-0.4, -0.2) is 239 Å². The molecule has 0 aromatic carbocycles. The number of hydrogen-bond acceptors (Lipinski definition) is 19. The summed E-state index contributed by atoms with van der Waals surface area (Å²) in [5, 5.41) is 110. The third-order valence-electron chi connectivity index (χ3n) is 10.6. The fourth-order valence-electron chi connectivity index (χ4n) is 5.91. The van der Waals surface area contributed by atoms with Gasteiger partial charge in [0.2, 0.25) is 31.0 Å². The van der Waals surface area contributed by atoms with Crippen LogP contribution in [0.5, 0.6) is 0 Å². The van der Waals surface area contributed by atoms with Crippen LogP contribution in [-0.2, 0) is 71.7 Å². The molecular weight excluding hydrogens is 1220 g/mol. The molecule has 21 N–H and O–H groups in total. The molecule has 41 heteroatoms. The summed E-state index contributed by atoms with van der Waals surface area (Å²) >= 11 is 8.82. The van der Waals surface area contributed by atoms with Gasteiger partial charge in [-0.2, -0.15) is 12.6 Å². The first-order chi connectivity index (χ1) is 39.8. The number of thiocarbonyl (C=S) groups is 1. The van der Waals surface area contributed by atoms with Crippen molar-refractivity contribution in [2.45, 2.75) is 126 Å². The number of rotatable bonds is 38. The summed E-state index contributed by atoms with van der Waals surface area (Å²) in [4.78, 5) is 185. The standard InChI is InChI=1S/C12H19N3O8.C12H19N3O7S.C11H19N3O6S.C10H18NO7P/c2*1-13-8(16)4-2-6(10(19)20)14-12(23)15-7(11(21)22)3-5-9(17)18;1-12-8(15)4-6(5-21)13-11(20)14-7(10(18)19)2-3-9(16)17;1-11-8(12)4-5-19(17,18)6-7(10(15)16)2-3-9(13)14/h2*6-7H,2-5H2,1H3,(H,13,16)(H,17,18)(H,19,20)(H,21,22)(H2,14,15,23);6-7,21H,2-5H2,1H3,(H,12,15)(H,16,17)(H,18,19)(H2,13,14,20);7H,2-6H2,1H3,(H,11,12)(H,13,14)(H,15,16)(H,17,18). The smallest absolute Gasteiger partial charge is 0.326 e. The van der Waals surface area contributed by atoms with Gasteiger partial charge in [-0.05, 0) is 50.7 Å². The van der Waals surface area contributed by atoms with Gasteiger partial charge in [0.05, 0.1) is 5.92 Å². The molecule has 0 aliphatic carbocycles.